The minimum atomic E-state index is -4.22. The van der Waals surface area contributed by atoms with Crippen LogP contribution in [0.25, 0.3) is 0 Å². The summed E-state index contributed by atoms with van der Waals surface area (Å²) in [4.78, 5) is 9.70. The largest absolute Gasteiger partial charge is 0.496 e. The van der Waals surface area contributed by atoms with Crippen molar-refractivity contribution < 1.29 is 17.9 Å². The maximum absolute atomic E-state index is 12.6. The third-order valence-corrected chi connectivity index (χ3v) is 5.76. The molecular formula is C20H22ClF3N4OS. The topological polar surface area (TPSA) is 62.7 Å². The highest BCUT2D eigenvalue weighted by Gasteiger charge is 2.26. The Morgan fingerprint density at radius 3 is 2.57 bits per heavy atom. The number of nitriles is 1. The van der Waals surface area contributed by atoms with Gasteiger partial charge >= 0.3 is 6.18 Å². The molecule has 0 radical (unpaired) electrons. The van der Waals surface area contributed by atoms with Crippen molar-refractivity contribution in [1.82, 2.24) is 4.57 Å². The van der Waals surface area contributed by atoms with Crippen LogP contribution in [-0.2, 0) is 12.0 Å². The average molecular weight is 459 g/mol. The summed E-state index contributed by atoms with van der Waals surface area (Å²) in [6, 6.07) is 4.84. The zero-order valence-electron chi connectivity index (χ0n) is 17.0. The predicted molar refractivity (Wildman–Crippen MR) is 112 cm³/mol. The number of ether oxygens (including phenoxy) is 1. The monoisotopic (exact) mass is 458 g/mol. The molecule has 0 amide bonds. The van der Waals surface area contributed by atoms with Crippen molar-refractivity contribution in [2.24, 2.45) is 9.98 Å². The number of alkyl halides is 3. The van der Waals surface area contributed by atoms with E-state index in [-0.39, 0.29) is 24.2 Å². The molecule has 0 fully saturated rings. The van der Waals surface area contributed by atoms with Gasteiger partial charge in [-0.1, -0.05) is 32.4 Å². The first-order chi connectivity index (χ1) is 13.9. The van der Waals surface area contributed by atoms with E-state index in [9.17, 15) is 13.2 Å². The number of halogens is 4. The van der Waals surface area contributed by atoms with Gasteiger partial charge in [0.1, 0.15) is 5.75 Å². The van der Waals surface area contributed by atoms with Gasteiger partial charge in [0.15, 0.2) is 10.6 Å². The van der Waals surface area contributed by atoms with Gasteiger partial charge < -0.3 is 9.30 Å². The highest BCUT2D eigenvalue weighted by molar-refractivity contribution is 7.09. The molecule has 0 N–H and O–H groups in total. The molecule has 5 nitrogen and oxygen atoms in total. The molecule has 0 aliphatic heterocycles. The lowest BCUT2D eigenvalue weighted by atomic mass is 9.95. The number of benzene rings is 1. The molecule has 1 heterocycles. The number of nitrogens with zero attached hydrogens (tertiary/aromatic N) is 4. The first-order valence-corrected chi connectivity index (χ1v) is 10.3. The van der Waals surface area contributed by atoms with E-state index in [0.717, 1.165) is 4.88 Å². The first kappa shape index (κ1) is 24.0. The zero-order chi connectivity index (χ0) is 22.5. The summed E-state index contributed by atoms with van der Waals surface area (Å²) in [6.07, 6.45) is -1.66. The van der Waals surface area contributed by atoms with E-state index in [2.05, 4.69) is 9.98 Å². The molecule has 0 atom stereocenters. The minimum absolute atomic E-state index is 0.0729. The number of rotatable bonds is 5. The minimum Gasteiger partial charge on any atom is -0.496 e. The predicted octanol–water partition coefficient (Wildman–Crippen LogP) is 5.68. The van der Waals surface area contributed by atoms with Gasteiger partial charge in [-0.05, 0) is 30.0 Å². The van der Waals surface area contributed by atoms with Crippen molar-refractivity contribution in [2.45, 2.75) is 51.7 Å². The van der Waals surface area contributed by atoms with E-state index in [1.54, 1.807) is 35.2 Å². The lowest BCUT2D eigenvalue weighted by Gasteiger charge is -2.14. The van der Waals surface area contributed by atoms with Crippen LogP contribution in [0.1, 0.15) is 44.1 Å². The van der Waals surface area contributed by atoms with Gasteiger partial charge in [-0.25, -0.2) is 0 Å². The molecule has 10 heteroatoms. The average Bonchev–Trinajstić information content (AvgIpc) is 3.03. The van der Waals surface area contributed by atoms with E-state index in [1.807, 2.05) is 20.8 Å². The Kier molecular flexibility index (Phi) is 7.72. The molecule has 0 saturated heterocycles. The number of hydrogen-bond acceptors (Lipinski definition) is 4. The molecule has 0 aliphatic carbocycles. The Morgan fingerprint density at radius 1 is 1.30 bits per heavy atom. The SMILES string of the molecule is COc1ccc(Cl)cc1C(=NC#N)/N=c1\sc(C(C)(C)C)cn1CCCC(F)(F)F. The van der Waals surface area contributed by atoms with Crippen molar-refractivity contribution in [3.8, 4) is 11.9 Å². The molecular weight excluding hydrogens is 437 g/mol. The van der Waals surface area contributed by atoms with Crippen molar-refractivity contribution >= 4 is 28.8 Å². The fourth-order valence-corrected chi connectivity index (χ4v) is 3.81. The number of methoxy groups -OCH3 is 1. The molecule has 0 saturated carbocycles. The lowest BCUT2D eigenvalue weighted by Crippen LogP contribution is -2.18. The second kappa shape index (κ2) is 9.67. The van der Waals surface area contributed by atoms with Crippen LogP contribution in [0.15, 0.2) is 34.4 Å². The Balaban J connectivity index is 2.58. The van der Waals surface area contributed by atoms with E-state index in [1.165, 1.54) is 18.4 Å². The number of aromatic nitrogens is 1. The molecule has 0 spiro atoms. The molecule has 0 aliphatic rings. The third kappa shape index (κ3) is 6.61. The van der Waals surface area contributed by atoms with Gasteiger partial charge in [0.05, 0.1) is 12.7 Å². The molecule has 2 aromatic rings. The molecule has 1 aromatic carbocycles. The van der Waals surface area contributed by atoms with Crippen LogP contribution in [-0.4, -0.2) is 23.7 Å². The van der Waals surface area contributed by atoms with Crippen molar-refractivity contribution in [2.75, 3.05) is 7.11 Å². The normalized spacial score (nSPS) is 13.4. The van der Waals surface area contributed by atoms with E-state index in [4.69, 9.17) is 21.6 Å². The van der Waals surface area contributed by atoms with Crippen LogP contribution >= 0.6 is 22.9 Å². The summed E-state index contributed by atoms with van der Waals surface area (Å²) in [5, 5.41) is 9.55. The summed E-state index contributed by atoms with van der Waals surface area (Å²) < 4.78 is 44.8. The van der Waals surface area contributed by atoms with Gasteiger partial charge in [-0.3, -0.25) is 0 Å². The number of aryl methyl sites for hydroxylation is 1. The number of amidine groups is 1. The molecule has 1 aromatic heterocycles. The van der Waals surface area contributed by atoms with Gasteiger partial charge in [0.25, 0.3) is 0 Å². The van der Waals surface area contributed by atoms with Gasteiger partial charge in [0, 0.05) is 29.1 Å². The molecule has 30 heavy (non-hydrogen) atoms. The van der Waals surface area contributed by atoms with Crippen molar-refractivity contribution in [3.05, 3.63) is 44.7 Å². The summed E-state index contributed by atoms with van der Waals surface area (Å²) in [7, 11) is 1.47. The first-order valence-electron chi connectivity index (χ1n) is 9.07. The van der Waals surface area contributed by atoms with Gasteiger partial charge in [0.2, 0.25) is 6.19 Å². The van der Waals surface area contributed by atoms with E-state index in [0.29, 0.717) is 21.1 Å². The summed E-state index contributed by atoms with van der Waals surface area (Å²) in [5.41, 5.74) is 0.198. The highest BCUT2D eigenvalue weighted by Crippen LogP contribution is 2.27. The molecule has 0 unspecified atom stereocenters. The standard InChI is InChI=1S/C20H22ClF3N4OS/c1-19(2,3)16-11-28(9-5-8-20(22,23)24)18(30-16)27-17(26-12-25)14-10-13(21)6-7-15(14)29-4/h6-7,10-11H,5,8-9H2,1-4H3/b26-17?,27-18-. The van der Waals surface area contributed by atoms with Gasteiger partial charge in [-0.2, -0.15) is 28.4 Å². The third-order valence-electron chi connectivity index (χ3n) is 4.08. The zero-order valence-corrected chi connectivity index (χ0v) is 18.6. The van der Waals surface area contributed by atoms with Crippen molar-refractivity contribution in [1.29, 1.82) is 5.26 Å². The van der Waals surface area contributed by atoms with E-state index < -0.39 is 12.6 Å². The molecule has 2 rings (SSSR count). The Bertz CT molecular complexity index is 1030. The fraction of sp³-hybridized carbons (Fsp3) is 0.450. The maximum atomic E-state index is 12.6. The summed E-state index contributed by atoms with van der Waals surface area (Å²) in [5.74, 6) is 0.497. The smallest absolute Gasteiger partial charge is 0.389 e. The van der Waals surface area contributed by atoms with Crippen LogP contribution in [0.4, 0.5) is 13.2 Å². The maximum Gasteiger partial charge on any atom is 0.389 e. The highest BCUT2D eigenvalue weighted by atomic mass is 35.5. The van der Waals surface area contributed by atoms with Crippen molar-refractivity contribution in [3.63, 3.8) is 0 Å². The summed E-state index contributed by atoms with van der Waals surface area (Å²) >= 11 is 7.43. The van der Waals surface area contributed by atoms with Gasteiger partial charge in [-0.15, -0.1) is 11.3 Å². The Labute approximate surface area is 182 Å². The van der Waals surface area contributed by atoms with E-state index >= 15 is 0 Å². The number of hydrogen-bond donors (Lipinski definition) is 0. The quantitative estimate of drug-likeness (QED) is 0.328. The number of thiazole rings is 1. The molecule has 162 valence electrons. The van der Waals surface area contributed by atoms with Crippen LogP contribution in [0.3, 0.4) is 0 Å². The molecule has 0 bridgehead atoms. The van der Waals surface area contributed by atoms with Crippen LogP contribution in [0.2, 0.25) is 5.02 Å². The Morgan fingerprint density at radius 2 is 2.00 bits per heavy atom. The summed E-state index contributed by atoms with van der Waals surface area (Å²) in [6.45, 7) is 6.16. The van der Waals surface area contributed by atoms with Crippen LogP contribution in [0.5, 0.6) is 5.75 Å². The lowest BCUT2D eigenvalue weighted by molar-refractivity contribution is -0.135. The fourth-order valence-electron chi connectivity index (χ4n) is 2.56. The second-order valence-electron chi connectivity index (χ2n) is 7.53. The number of aliphatic imine (C=N–C) groups is 1. The Hall–Kier alpha value is -2.31. The second-order valence-corrected chi connectivity index (χ2v) is 8.98. The van der Waals surface area contributed by atoms with Crippen LogP contribution < -0.4 is 9.54 Å². The van der Waals surface area contributed by atoms with Crippen LogP contribution in [0, 0.1) is 11.5 Å².